The fraction of sp³-hybridized carbons (Fsp3) is 0.571. The van der Waals surface area contributed by atoms with Crippen LogP contribution in [0.25, 0.3) is 0 Å². The van der Waals surface area contributed by atoms with Crippen molar-refractivity contribution in [2.45, 2.75) is 38.0 Å². The number of alkyl halides is 3. The molecule has 19 heavy (non-hydrogen) atoms. The molecule has 1 heterocycles. The third kappa shape index (κ3) is 3.94. The molecule has 0 bridgehead atoms. The van der Waals surface area contributed by atoms with Crippen molar-refractivity contribution in [3.05, 3.63) is 35.4 Å². The van der Waals surface area contributed by atoms with E-state index in [2.05, 4.69) is 5.32 Å². The van der Waals surface area contributed by atoms with Gasteiger partial charge in [0.15, 0.2) is 0 Å². The van der Waals surface area contributed by atoms with E-state index < -0.39 is 11.7 Å². The lowest BCUT2D eigenvalue weighted by atomic mass is 9.99. The van der Waals surface area contributed by atoms with Gasteiger partial charge < -0.3 is 10.1 Å². The smallest absolute Gasteiger partial charge is 0.378 e. The van der Waals surface area contributed by atoms with E-state index >= 15 is 0 Å². The first-order valence-corrected chi connectivity index (χ1v) is 6.45. The van der Waals surface area contributed by atoms with Gasteiger partial charge in [0.2, 0.25) is 0 Å². The minimum absolute atomic E-state index is 0.130. The van der Waals surface area contributed by atoms with Gasteiger partial charge in [-0.2, -0.15) is 13.2 Å². The molecule has 0 aliphatic carbocycles. The van der Waals surface area contributed by atoms with Crippen molar-refractivity contribution in [3.8, 4) is 0 Å². The SMILES string of the molecule is CC1COCC(CCc2ccccc2C(F)(F)F)N1. The average Bonchev–Trinajstić information content (AvgIpc) is 2.36. The van der Waals surface area contributed by atoms with Gasteiger partial charge in [0.1, 0.15) is 0 Å². The maximum absolute atomic E-state index is 12.8. The molecule has 0 saturated carbocycles. The lowest BCUT2D eigenvalue weighted by Gasteiger charge is -2.29. The number of hydrogen-bond acceptors (Lipinski definition) is 2. The van der Waals surface area contributed by atoms with Crippen molar-refractivity contribution in [2.75, 3.05) is 13.2 Å². The summed E-state index contributed by atoms with van der Waals surface area (Å²) in [5.41, 5.74) is -0.171. The number of morpholine rings is 1. The van der Waals surface area contributed by atoms with Crippen molar-refractivity contribution >= 4 is 0 Å². The quantitative estimate of drug-likeness (QED) is 0.914. The fourth-order valence-electron chi connectivity index (χ4n) is 2.40. The monoisotopic (exact) mass is 273 g/mol. The van der Waals surface area contributed by atoms with E-state index in [1.807, 2.05) is 6.92 Å². The highest BCUT2D eigenvalue weighted by molar-refractivity contribution is 5.29. The summed E-state index contributed by atoms with van der Waals surface area (Å²) in [5.74, 6) is 0. The molecular formula is C14H18F3NO. The van der Waals surface area contributed by atoms with E-state index in [9.17, 15) is 13.2 Å². The third-order valence-corrected chi connectivity index (χ3v) is 3.29. The van der Waals surface area contributed by atoms with Crippen LogP contribution in [0.3, 0.4) is 0 Å². The molecule has 2 atom stereocenters. The Balaban J connectivity index is 1.99. The Labute approximate surface area is 111 Å². The second kappa shape index (κ2) is 5.92. The van der Waals surface area contributed by atoms with Gasteiger partial charge in [-0.15, -0.1) is 0 Å². The molecule has 106 valence electrons. The highest BCUT2D eigenvalue weighted by Crippen LogP contribution is 2.32. The van der Waals surface area contributed by atoms with Gasteiger partial charge in [-0.25, -0.2) is 0 Å². The first-order chi connectivity index (χ1) is 8.97. The van der Waals surface area contributed by atoms with Crippen molar-refractivity contribution in [3.63, 3.8) is 0 Å². The largest absolute Gasteiger partial charge is 0.416 e. The van der Waals surface area contributed by atoms with E-state index in [0.29, 0.717) is 31.6 Å². The van der Waals surface area contributed by atoms with Gasteiger partial charge in [0.25, 0.3) is 0 Å². The van der Waals surface area contributed by atoms with E-state index in [4.69, 9.17) is 4.74 Å². The lowest BCUT2D eigenvalue weighted by molar-refractivity contribution is -0.138. The number of rotatable bonds is 3. The zero-order valence-electron chi connectivity index (χ0n) is 10.8. The first kappa shape index (κ1) is 14.3. The molecule has 0 aromatic heterocycles. The summed E-state index contributed by atoms with van der Waals surface area (Å²) in [7, 11) is 0. The Morgan fingerprint density at radius 3 is 2.68 bits per heavy atom. The molecule has 1 N–H and O–H groups in total. The van der Waals surface area contributed by atoms with Crippen molar-refractivity contribution in [2.24, 2.45) is 0 Å². The molecule has 1 aromatic rings. The van der Waals surface area contributed by atoms with Crippen LogP contribution in [0.4, 0.5) is 13.2 Å². The molecular weight excluding hydrogens is 255 g/mol. The minimum atomic E-state index is -4.28. The maximum atomic E-state index is 12.8. The minimum Gasteiger partial charge on any atom is -0.378 e. The third-order valence-electron chi connectivity index (χ3n) is 3.29. The Kier molecular flexibility index (Phi) is 4.47. The Hall–Kier alpha value is -1.07. The molecule has 5 heteroatoms. The average molecular weight is 273 g/mol. The summed E-state index contributed by atoms with van der Waals surface area (Å²) < 4.78 is 43.9. The standard InChI is InChI=1S/C14H18F3NO/c1-10-8-19-9-12(18-10)7-6-11-4-2-3-5-13(11)14(15,16)17/h2-5,10,12,18H,6-9H2,1H3. The predicted molar refractivity (Wildman–Crippen MR) is 67.0 cm³/mol. The summed E-state index contributed by atoms with van der Waals surface area (Å²) >= 11 is 0. The second-order valence-electron chi connectivity index (χ2n) is 5.00. The zero-order valence-corrected chi connectivity index (χ0v) is 10.8. The summed E-state index contributed by atoms with van der Waals surface area (Å²) in [6.07, 6.45) is -3.22. The van der Waals surface area contributed by atoms with Gasteiger partial charge in [-0.3, -0.25) is 0 Å². The molecule has 0 spiro atoms. The predicted octanol–water partition coefficient (Wildman–Crippen LogP) is 3.01. The van der Waals surface area contributed by atoms with Gasteiger partial charge in [-0.1, -0.05) is 18.2 Å². The molecule has 1 aliphatic heterocycles. The number of hydrogen-bond donors (Lipinski definition) is 1. The first-order valence-electron chi connectivity index (χ1n) is 6.45. The highest BCUT2D eigenvalue weighted by atomic mass is 19.4. The lowest BCUT2D eigenvalue weighted by Crippen LogP contribution is -2.47. The summed E-state index contributed by atoms with van der Waals surface area (Å²) in [5, 5.41) is 3.34. The molecule has 2 nitrogen and oxygen atoms in total. The number of nitrogens with one attached hydrogen (secondary N) is 1. The van der Waals surface area contributed by atoms with Crippen LogP contribution in [-0.2, 0) is 17.3 Å². The number of benzene rings is 1. The Morgan fingerprint density at radius 2 is 2.00 bits per heavy atom. The zero-order chi connectivity index (χ0) is 13.9. The Bertz CT molecular complexity index is 419. The van der Waals surface area contributed by atoms with E-state index in [1.54, 1.807) is 12.1 Å². The van der Waals surface area contributed by atoms with Crippen LogP contribution in [0.5, 0.6) is 0 Å². The van der Waals surface area contributed by atoms with Crippen molar-refractivity contribution in [1.82, 2.24) is 5.32 Å². The van der Waals surface area contributed by atoms with Crippen LogP contribution < -0.4 is 5.32 Å². The summed E-state index contributed by atoms with van der Waals surface area (Å²) in [6.45, 7) is 3.24. The van der Waals surface area contributed by atoms with Crippen LogP contribution in [0.2, 0.25) is 0 Å². The van der Waals surface area contributed by atoms with Crippen LogP contribution in [-0.4, -0.2) is 25.3 Å². The van der Waals surface area contributed by atoms with E-state index in [1.165, 1.54) is 6.07 Å². The maximum Gasteiger partial charge on any atom is 0.416 e. The Morgan fingerprint density at radius 1 is 1.26 bits per heavy atom. The molecule has 1 aliphatic rings. The number of ether oxygens (including phenoxy) is 1. The summed E-state index contributed by atoms with van der Waals surface area (Å²) in [4.78, 5) is 0. The van der Waals surface area contributed by atoms with E-state index in [-0.39, 0.29) is 12.1 Å². The fourth-order valence-corrected chi connectivity index (χ4v) is 2.40. The molecule has 1 aromatic carbocycles. The summed E-state index contributed by atoms with van der Waals surface area (Å²) in [6, 6.07) is 6.16. The van der Waals surface area contributed by atoms with Gasteiger partial charge in [0, 0.05) is 12.1 Å². The van der Waals surface area contributed by atoms with Crippen LogP contribution in [0, 0.1) is 0 Å². The number of halogens is 3. The molecule has 2 rings (SSSR count). The number of aryl methyl sites for hydroxylation is 1. The van der Waals surface area contributed by atoms with Crippen LogP contribution in [0.15, 0.2) is 24.3 Å². The van der Waals surface area contributed by atoms with Crippen molar-refractivity contribution < 1.29 is 17.9 Å². The molecule has 2 unspecified atom stereocenters. The van der Waals surface area contributed by atoms with Crippen molar-refractivity contribution in [1.29, 1.82) is 0 Å². The van der Waals surface area contributed by atoms with Gasteiger partial charge in [-0.05, 0) is 31.4 Å². The van der Waals surface area contributed by atoms with Gasteiger partial charge in [0.05, 0.1) is 18.8 Å². The molecule has 1 saturated heterocycles. The molecule has 1 fully saturated rings. The van der Waals surface area contributed by atoms with Gasteiger partial charge >= 0.3 is 6.18 Å². The normalized spacial score (nSPS) is 24.4. The van der Waals surface area contributed by atoms with Crippen LogP contribution >= 0.6 is 0 Å². The topological polar surface area (TPSA) is 21.3 Å². The van der Waals surface area contributed by atoms with Crippen LogP contribution in [0.1, 0.15) is 24.5 Å². The highest BCUT2D eigenvalue weighted by Gasteiger charge is 2.32. The molecule has 0 radical (unpaired) electrons. The molecule has 0 amide bonds. The van der Waals surface area contributed by atoms with E-state index in [0.717, 1.165) is 6.07 Å². The second-order valence-corrected chi connectivity index (χ2v) is 5.00.